The lowest BCUT2D eigenvalue weighted by molar-refractivity contribution is -0.138. The molecule has 1 aromatic rings. The second-order valence-electron chi connectivity index (χ2n) is 13.4. The van der Waals surface area contributed by atoms with Crippen molar-refractivity contribution in [3.63, 3.8) is 0 Å². The molecule has 0 spiro atoms. The minimum atomic E-state index is -1.26. The van der Waals surface area contributed by atoms with Crippen LogP contribution in [0.3, 0.4) is 0 Å². The summed E-state index contributed by atoms with van der Waals surface area (Å²) < 4.78 is 7.26. The Kier molecular flexibility index (Phi) is 19.3. The van der Waals surface area contributed by atoms with Gasteiger partial charge in [0.2, 0.25) is 29.5 Å². The fourth-order valence-corrected chi connectivity index (χ4v) is 5.81. The fraction of sp³-hybridized carbons (Fsp3) is 0.706. The maximum absolute atomic E-state index is 13.6. The first-order chi connectivity index (χ1) is 25.1. The number of carbonyl (C=O) groups excluding carboxylic acids is 5. The first-order valence-electron chi connectivity index (χ1n) is 18.1. The van der Waals surface area contributed by atoms with E-state index in [1.807, 2.05) is 27.8 Å². The van der Waals surface area contributed by atoms with Crippen LogP contribution in [0, 0.1) is 12.8 Å². The van der Waals surface area contributed by atoms with Crippen molar-refractivity contribution >= 4 is 47.5 Å². The molecular formula is C34H58N10O9. The normalized spacial score (nSPS) is 15.3. The number of anilines is 1. The van der Waals surface area contributed by atoms with E-state index in [0.29, 0.717) is 39.0 Å². The van der Waals surface area contributed by atoms with E-state index in [2.05, 4.69) is 36.4 Å². The highest BCUT2D eigenvalue weighted by molar-refractivity contribution is 5.95. The number of morpholine rings is 1. The van der Waals surface area contributed by atoms with Gasteiger partial charge in [-0.05, 0) is 64.3 Å². The Balaban J connectivity index is 2.09. The molecule has 1 saturated heterocycles. The number of aromatic nitrogens is 2. The van der Waals surface area contributed by atoms with Crippen molar-refractivity contribution < 1.29 is 43.4 Å². The van der Waals surface area contributed by atoms with Crippen LogP contribution in [0.1, 0.15) is 83.4 Å². The number of rotatable bonds is 24. The third-order valence-corrected chi connectivity index (χ3v) is 8.45. The first kappa shape index (κ1) is 44.4. The summed E-state index contributed by atoms with van der Waals surface area (Å²) in [7, 11) is 1.87. The van der Waals surface area contributed by atoms with Crippen LogP contribution in [0.25, 0.3) is 0 Å². The van der Waals surface area contributed by atoms with Gasteiger partial charge in [0, 0.05) is 33.5 Å². The standard InChI is InChI=1S/C34H58N10O9/c1-21(2)19-28(33(51)39-25(30(36)48)11-12-29(46)47)41-32(50)27(9-6-7-13-35)40-31(49)26(38-23(4)45)10-8-16-53-37-20-24-22(3)42-43(5)34(24)44-14-17-52-18-15-44/h20-21,25-28H,6-19,35H2,1-5H3,(H2,36,48)(H,38,45)(H,39,51)(H,40,49)(H,41,50)(H,46,47)/b37-20+/t25-,26-,27-,28-/m0/s1. The highest BCUT2D eigenvalue weighted by Gasteiger charge is 2.31. The molecule has 1 aliphatic rings. The zero-order chi connectivity index (χ0) is 39.5. The van der Waals surface area contributed by atoms with E-state index >= 15 is 0 Å². The number of unbranched alkanes of at least 4 members (excludes halogenated alkanes) is 1. The molecule has 19 nitrogen and oxygen atoms in total. The number of aliphatic carboxylic acids is 1. The number of amides is 5. The number of hydrogen-bond donors (Lipinski definition) is 7. The van der Waals surface area contributed by atoms with Crippen LogP contribution >= 0.6 is 0 Å². The molecule has 0 bridgehead atoms. The Morgan fingerprint density at radius 1 is 0.925 bits per heavy atom. The van der Waals surface area contributed by atoms with Gasteiger partial charge in [0.25, 0.3) is 0 Å². The van der Waals surface area contributed by atoms with Crippen molar-refractivity contribution in [2.45, 2.75) is 103 Å². The maximum atomic E-state index is 13.6. The Bertz CT molecular complexity index is 1410. The van der Waals surface area contributed by atoms with Crippen molar-refractivity contribution in [1.82, 2.24) is 31.0 Å². The highest BCUT2D eigenvalue weighted by Crippen LogP contribution is 2.22. The largest absolute Gasteiger partial charge is 0.481 e. The van der Waals surface area contributed by atoms with Crippen LogP contribution in [0.2, 0.25) is 0 Å². The van der Waals surface area contributed by atoms with E-state index in [9.17, 15) is 28.8 Å². The van der Waals surface area contributed by atoms with Crippen LogP contribution in [-0.4, -0.2) is 120 Å². The molecule has 2 rings (SSSR count). The van der Waals surface area contributed by atoms with E-state index < -0.39 is 66.1 Å². The molecule has 1 aliphatic heterocycles. The number of carboxylic acids is 1. The molecule has 0 saturated carbocycles. The number of nitrogens with zero attached hydrogens (tertiary/aromatic N) is 4. The Morgan fingerprint density at radius 3 is 2.09 bits per heavy atom. The van der Waals surface area contributed by atoms with Gasteiger partial charge in [-0.25, -0.2) is 0 Å². The molecule has 298 valence electrons. The average molecular weight is 751 g/mol. The zero-order valence-electron chi connectivity index (χ0n) is 31.5. The van der Waals surface area contributed by atoms with E-state index in [-0.39, 0.29) is 38.2 Å². The second kappa shape index (κ2) is 23.0. The van der Waals surface area contributed by atoms with Gasteiger partial charge in [0.15, 0.2) is 0 Å². The monoisotopic (exact) mass is 750 g/mol. The predicted octanol–water partition coefficient (Wildman–Crippen LogP) is -0.820. The summed E-state index contributed by atoms with van der Waals surface area (Å²) in [6.45, 7) is 10.0. The number of carboxylic acid groups (broad SMARTS) is 1. The van der Waals surface area contributed by atoms with Crippen LogP contribution in [0.15, 0.2) is 5.16 Å². The molecule has 0 aliphatic carbocycles. The smallest absolute Gasteiger partial charge is 0.303 e. The van der Waals surface area contributed by atoms with Gasteiger partial charge in [-0.2, -0.15) is 5.10 Å². The van der Waals surface area contributed by atoms with Gasteiger partial charge in [-0.1, -0.05) is 19.0 Å². The first-order valence-corrected chi connectivity index (χ1v) is 18.1. The zero-order valence-corrected chi connectivity index (χ0v) is 31.5. The number of nitrogens with two attached hydrogens (primary N) is 2. The topological polar surface area (TPSA) is 275 Å². The predicted molar refractivity (Wildman–Crippen MR) is 196 cm³/mol. The lowest BCUT2D eigenvalue weighted by Gasteiger charge is -2.29. The van der Waals surface area contributed by atoms with Crippen molar-refractivity contribution in [3.8, 4) is 0 Å². The lowest BCUT2D eigenvalue weighted by atomic mass is 10.0. The summed E-state index contributed by atoms with van der Waals surface area (Å²) in [5.41, 5.74) is 12.7. The van der Waals surface area contributed by atoms with Gasteiger partial charge in [0.05, 0.1) is 30.7 Å². The summed E-state index contributed by atoms with van der Waals surface area (Å²) >= 11 is 0. The number of ether oxygens (including phenoxy) is 1. The number of primary amides is 1. The van der Waals surface area contributed by atoms with Crippen molar-refractivity contribution in [2.75, 3.05) is 44.4 Å². The number of nitrogens with one attached hydrogen (secondary N) is 4. The quantitative estimate of drug-likeness (QED) is 0.0388. The summed E-state index contributed by atoms with van der Waals surface area (Å²) in [4.78, 5) is 83.0. The summed E-state index contributed by atoms with van der Waals surface area (Å²) in [6, 6.07) is -4.47. The second-order valence-corrected chi connectivity index (χ2v) is 13.4. The Morgan fingerprint density at radius 2 is 1.51 bits per heavy atom. The van der Waals surface area contributed by atoms with Crippen molar-refractivity contribution in [3.05, 3.63) is 11.3 Å². The minimum absolute atomic E-state index is 0.0710. The summed E-state index contributed by atoms with van der Waals surface area (Å²) in [5, 5.41) is 28.1. The maximum Gasteiger partial charge on any atom is 0.303 e. The van der Waals surface area contributed by atoms with Crippen LogP contribution in [0.5, 0.6) is 0 Å². The Labute approximate surface area is 310 Å². The molecule has 9 N–H and O–H groups in total. The SMILES string of the molecule is CC(=O)N[C@@H](CCCO/N=C/c1c(C)nn(C)c1N1CCOCC1)C(=O)N[C@@H](CCCCN)C(=O)N[C@@H](CC(C)C)C(=O)N[C@@H](CCC(=O)O)C(N)=O. The van der Waals surface area contributed by atoms with Crippen LogP contribution in [-0.2, 0) is 45.4 Å². The number of oxime groups is 1. The van der Waals surface area contributed by atoms with Gasteiger partial charge in [-0.15, -0.1) is 0 Å². The third kappa shape index (κ3) is 15.8. The van der Waals surface area contributed by atoms with Crippen LogP contribution < -0.4 is 37.6 Å². The molecule has 0 radical (unpaired) electrons. The molecule has 0 unspecified atom stereocenters. The molecule has 53 heavy (non-hydrogen) atoms. The molecule has 1 fully saturated rings. The van der Waals surface area contributed by atoms with Crippen molar-refractivity contribution in [1.29, 1.82) is 0 Å². The molecule has 2 heterocycles. The average Bonchev–Trinajstić information content (AvgIpc) is 3.38. The van der Waals surface area contributed by atoms with E-state index in [1.165, 1.54) is 6.92 Å². The van der Waals surface area contributed by atoms with Crippen molar-refractivity contribution in [2.24, 2.45) is 29.6 Å². The molecule has 19 heteroatoms. The lowest BCUT2D eigenvalue weighted by Crippen LogP contribution is -2.58. The van der Waals surface area contributed by atoms with Gasteiger partial charge in [0.1, 0.15) is 36.6 Å². The van der Waals surface area contributed by atoms with E-state index in [0.717, 1.165) is 30.2 Å². The summed E-state index contributed by atoms with van der Waals surface area (Å²) in [5.74, 6) is -3.67. The molecule has 0 aromatic carbocycles. The molecular weight excluding hydrogens is 692 g/mol. The highest BCUT2D eigenvalue weighted by atomic mass is 16.6. The number of hydrogen-bond acceptors (Lipinski definition) is 12. The van der Waals surface area contributed by atoms with Gasteiger partial charge < -0.3 is 52.3 Å². The molecule has 4 atom stereocenters. The number of aryl methyl sites for hydroxylation is 2. The van der Waals surface area contributed by atoms with E-state index in [1.54, 1.807) is 10.9 Å². The number of carbonyl (C=O) groups is 6. The van der Waals surface area contributed by atoms with Gasteiger partial charge in [-0.3, -0.25) is 33.4 Å². The fourth-order valence-electron chi connectivity index (χ4n) is 5.81. The Hall–Kier alpha value is -4.78. The summed E-state index contributed by atoms with van der Waals surface area (Å²) in [6.07, 6.45) is 2.91. The molecule has 1 aromatic heterocycles. The molecule has 5 amide bonds. The van der Waals surface area contributed by atoms with Gasteiger partial charge >= 0.3 is 5.97 Å². The minimum Gasteiger partial charge on any atom is -0.481 e. The van der Waals surface area contributed by atoms with E-state index in [4.69, 9.17) is 26.1 Å². The third-order valence-electron chi connectivity index (χ3n) is 8.45. The van der Waals surface area contributed by atoms with Crippen LogP contribution in [0.4, 0.5) is 5.82 Å².